The average molecular weight is 343 g/mol. The first-order valence-corrected chi connectivity index (χ1v) is 8.17. The number of hydrogen-bond donors (Lipinski definition) is 2. The van der Waals surface area contributed by atoms with Crippen LogP contribution in [-0.4, -0.2) is 23.6 Å². The minimum Gasteiger partial charge on any atom is -0.350 e. The van der Waals surface area contributed by atoms with Gasteiger partial charge in [-0.25, -0.2) is 0 Å². The Morgan fingerprint density at radius 3 is 2.64 bits per heavy atom. The van der Waals surface area contributed by atoms with Gasteiger partial charge in [-0.1, -0.05) is 23.2 Å². The van der Waals surface area contributed by atoms with Crippen molar-refractivity contribution in [1.29, 1.82) is 0 Å². The lowest BCUT2D eigenvalue weighted by Crippen LogP contribution is -2.38. The fourth-order valence-corrected chi connectivity index (χ4v) is 3.55. The molecule has 1 saturated carbocycles. The molecule has 2 N–H and O–H groups in total. The third-order valence-corrected chi connectivity index (χ3v) is 4.83. The van der Waals surface area contributed by atoms with E-state index in [1.54, 1.807) is 18.2 Å². The number of carbonyl (C=O) groups is 1. The topological polar surface area (TPSA) is 44.9 Å². The molecule has 0 aliphatic heterocycles. The van der Waals surface area contributed by atoms with E-state index in [2.05, 4.69) is 10.3 Å². The predicted octanol–water partition coefficient (Wildman–Crippen LogP) is 4.73. The van der Waals surface area contributed by atoms with Gasteiger partial charge in [0.2, 0.25) is 0 Å². The van der Waals surface area contributed by atoms with E-state index in [-0.39, 0.29) is 24.5 Å². The number of carbonyl (C=O) groups excluding carboxylic acids is 1. The highest BCUT2D eigenvalue weighted by atomic mass is 35.5. The molecule has 1 amide bonds. The van der Waals surface area contributed by atoms with Gasteiger partial charge in [-0.2, -0.15) is 0 Å². The largest absolute Gasteiger partial charge is 0.350 e. The van der Waals surface area contributed by atoms with Crippen LogP contribution in [0.15, 0.2) is 18.2 Å². The Kier molecular flexibility index (Phi) is 4.59. The summed E-state index contributed by atoms with van der Waals surface area (Å²) in [5, 5.41) is 4.82. The van der Waals surface area contributed by atoms with E-state index in [0.717, 1.165) is 36.6 Å². The van der Waals surface area contributed by atoms with Gasteiger partial charge in [-0.05, 0) is 49.8 Å². The molecule has 1 aliphatic rings. The molecule has 1 heterocycles. The second-order valence-corrected chi connectivity index (χ2v) is 6.72. The molecule has 1 aliphatic carbocycles. The van der Waals surface area contributed by atoms with Crippen molar-refractivity contribution in [2.24, 2.45) is 5.92 Å². The third kappa shape index (κ3) is 3.23. The minimum absolute atomic E-state index is 0.112. The van der Waals surface area contributed by atoms with Crippen LogP contribution in [0.5, 0.6) is 0 Å². The summed E-state index contributed by atoms with van der Waals surface area (Å²) in [5.41, 5.74) is 1.20. The van der Waals surface area contributed by atoms with Crippen LogP contribution in [0, 0.1) is 5.92 Å². The van der Waals surface area contributed by atoms with Crippen molar-refractivity contribution >= 4 is 40.0 Å². The van der Waals surface area contributed by atoms with Crippen molar-refractivity contribution in [3.05, 3.63) is 33.9 Å². The van der Waals surface area contributed by atoms with E-state index in [9.17, 15) is 9.18 Å². The average Bonchev–Trinajstić information content (AvgIpc) is 2.92. The van der Waals surface area contributed by atoms with Crippen molar-refractivity contribution in [2.45, 2.75) is 31.7 Å². The number of amides is 1. The van der Waals surface area contributed by atoms with Gasteiger partial charge in [-0.3, -0.25) is 9.18 Å². The number of rotatable bonds is 3. The number of alkyl halides is 1. The highest BCUT2D eigenvalue weighted by molar-refractivity contribution is 6.38. The lowest BCUT2D eigenvalue weighted by atomic mass is 9.87. The Bertz CT molecular complexity index is 693. The number of aromatic amines is 1. The smallest absolute Gasteiger partial charge is 0.267 e. The molecule has 1 aromatic carbocycles. The van der Waals surface area contributed by atoms with Gasteiger partial charge in [0, 0.05) is 22.0 Å². The van der Waals surface area contributed by atoms with Gasteiger partial charge >= 0.3 is 0 Å². The molecule has 0 unspecified atom stereocenters. The zero-order valence-electron chi connectivity index (χ0n) is 12.0. The molecule has 0 spiro atoms. The van der Waals surface area contributed by atoms with E-state index in [0.29, 0.717) is 15.7 Å². The summed E-state index contributed by atoms with van der Waals surface area (Å²) >= 11 is 12.1. The van der Waals surface area contributed by atoms with Gasteiger partial charge in [0.15, 0.2) is 0 Å². The fraction of sp³-hybridized carbons (Fsp3) is 0.438. The predicted molar refractivity (Wildman–Crippen MR) is 87.5 cm³/mol. The maximum Gasteiger partial charge on any atom is 0.267 e. The summed E-state index contributed by atoms with van der Waals surface area (Å²) in [7, 11) is 0. The number of fused-ring (bicyclic) bond motifs is 1. The lowest BCUT2D eigenvalue weighted by Gasteiger charge is -2.27. The van der Waals surface area contributed by atoms with Crippen LogP contribution in [0.25, 0.3) is 10.9 Å². The van der Waals surface area contributed by atoms with Crippen molar-refractivity contribution in [3.8, 4) is 0 Å². The van der Waals surface area contributed by atoms with Crippen LogP contribution < -0.4 is 5.32 Å². The molecule has 3 nitrogen and oxygen atoms in total. The highest BCUT2D eigenvalue weighted by Crippen LogP contribution is 2.29. The Balaban J connectivity index is 1.71. The van der Waals surface area contributed by atoms with Gasteiger partial charge in [0.25, 0.3) is 5.91 Å². The summed E-state index contributed by atoms with van der Waals surface area (Å²) in [6.07, 6.45) is 3.31. The summed E-state index contributed by atoms with van der Waals surface area (Å²) < 4.78 is 12.6. The summed E-state index contributed by atoms with van der Waals surface area (Å²) in [6.45, 7) is -0.262. The second-order valence-electron chi connectivity index (χ2n) is 5.88. The zero-order chi connectivity index (χ0) is 15.7. The van der Waals surface area contributed by atoms with Crippen molar-refractivity contribution in [3.63, 3.8) is 0 Å². The first-order valence-electron chi connectivity index (χ1n) is 7.41. The van der Waals surface area contributed by atoms with Gasteiger partial charge < -0.3 is 10.3 Å². The van der Waals surface area contributed by atoms with E-state index in [1.807, 2.05) is 0 Å². The van der Waals surface area contributed by atoms with Gasteiger partial charge in [0.1, 0.15) is 5.69 Å². The molecule has 0 radical (unpaired) electrons. The number of H-pyrrole nitrogens is 1. The molecule has 1 aromatic heterocycles. The van der Waals surface area contributed by atoms with Crippen LogP contribution in [0.1, 0.15) is 36.2 Å². The van der Waals surface area contributed by atoms with Crippen LogP contribution >= 0.6 is 23.2 Å². The number of benzene rings is 1. The van der Waals surface area contributed by atoms with Crippen LogP contribution in [0.4, 0.5) is 4.39 Å². The molecule has 1 fully saturated rings. The molecular weight excluding hydrogens is 326 g/mol. The summed E-state index contributed by atoms with van der Waals surface area (Å²) in [5.74, 6) is -0.00531. The van der Waals surface area contributed by atoms with E-state index in [1.165, 1.54) is 0 Å². The zero-order valence-corrected chi connectivity index (χ0v) is 13.5. The van der Waals surface area contributed by atoms with E-state index < -0.39 is 0 Å². The monoisotopic (exact) mass is 342 g/mol. The number of halogens is 3. The summed E-state index contributed by atoms with van der Waals surface area (Å²) in [4.78, 5) is 15.4. The third-order valence-electron chi connectivity index (χ3n) is 4.30. The Hall–Kier alpha value is -1.26. The van der Waals surface area contributed by atoms with Crippen LogP contribution in [0.3, 0.4) is 0 Å². The second kappa shape index (κ2) is 6.47. The van der Waals surface area contributed by atoms with Crippen LogP contribution in [0.2, 0.25) is 10.0 Å². The van der Waals surface area contributed by atoms with Crippen LogP contribution in [-0.2, 0) is 0 Å². The Morgan fingerprint density at radius 2 is 1.95 bits per heavy atom. The standard InChI is InChI=1S/C16H17Cl2FN2O/c17-10-5-13(18)12-7-15(21-14(12)6-10)16(22)20-11-3-1-9(8-19)2-4-11/h5-7,9,11,21H,1-4,8H2,(H,20,22). The number of hydrogen-bond acceptors (Lipinski definition) is 1. The SMILES string of the molecule is O=C(NC1CCC(CF)CC1)c1cc2c(Cl)cc(Cl)cc2[nH]1. The molecular formula is C16H17Cl2FN2O. The van der Waals surface area contributed by atoms with Gasteiger partial charge in [-0.15, -0.1) is 0 Å². The lowest BCUT2D eigenvalue weighted by molar-refractivity contribution is 0.0915. The molecule has 0 saturated heterocycles. The molecule has 22 heavy (non-hydrogen) atoms. The van der Waals surface area contributed by atoms with Crippen molar-refractivity contribution < 1.29 is 9.18 Å². The first-order chi connectivity index (χ1) is 10.6. The molecule has 0 bridgehead atoms. The number of nitrogens with one attached hydrogen (secondary N) is 2. The quantitative estimate of drug-likeness (QED) is 0.831. The molecule has 118 valence electrons. The first kappa shape index (κ1) is 15.6. The van der Waals surface area contributed by atoms with E-state index >= 15 is 0 Å². The molecule has 6 heteroatoms. The normalized spacial score (nSPS) is 22.0. The van der Waals surface area contributed by atoms with Gasteiger partial charge in [0.05, 0.1) is 11.7 Å². The van der Waals surface area contributed by atoms with Crippen molar-refractivity contribution in [2.75, 3.05) is 6.67 Å². The maximum absolute atomic E-state index is 12.6. The molecule has 3 rings (SSSR count). The molecule has 2 aromatic rings. The molecule has 0 atom stereocenters. The minimum atomic E-state index is -0.262. The fourth-order valence-electron chi connectivity index (χ4n) is 3.01. The van der Waals surface area contributed by atoms with Crippen molar-refractivity contribution in [1.82, 2.24) is 10.3 Å². The number of aromatic nitrogens is 1. The maximum atomic E-state index is 12.6. The summed E-state index contributed by atoms with van der Waals surface area (Å²) in [6, 6.07) is 5.24. The van der Waals surface area contributed by atoms with E-state index in [4.69, 9.17) is 23.2 Å². The Morgan fingerprint density at radius 1 is 1.23 bits per heavy atom. The Labute approximate surface area is 138 Å². The highest BCUT2D eigenvalue weighted by Gasteiger charge is 2.23.